The van der Waals surface area contributed by atoms with E-state index in [-0.39, 0.29) is 0 Å². The predicted octanol–water partition coefficient (Wildman–Crippen LogP) is 2.25. The van der Waals surface area contributed by atoms with E-state index in [1.807, 2.05) is 0 Å². The van der Waals surface area contributed by atoms with Gasteiger partial charge >= 0.3 is 0 Å². The molecule has 0 spiro atoms. The molecular weight excluding hydrogens is 184 g/mol. The molecule has 1 saturated heterocycles. The van der Waals surface area contributed by atoms with Crippen molar-refractivity contribution in [1.29, 1.82) is 0 Å². The van der Waals surface area contributed by atoms with Crippen LogP contribution >= 0.6 is 0 Å². The van der Waals surface area contributed by atoms with E-state index in [1.165, 1.54) is 32.4 Å². The van der Waals surface area contributed by atoms with Crippen LogP contribution in [0.4, 0.5) is 0 Å². The number of piperidine rings is 1. The van der Waals surface area contributed by atoms with Crippen molar-refractivity contribution < 1.29 is 0 Å². The normalized spacial score (nSPS) is 32.2. The van der Waals surface area contributed by atoms with Gasteiger partial charge in [0.15, 0.2) is 0 Å². The van der Waals surface area contributed by atoms with Crippen molar-refractivity contribution in [2.45, 2.75) is 65.1 Å². The average molecular weight is 210 g/mol. The SMILES string of the molecule is CC(C)NC1CN(C2CC2)CC(C)(C)C1. The summed E-state index contributed by atoms with van der Waals surface area (Å²) >= 11 is 0. The second-order valence-electron chi connectivity index (χ2n) is 6.55. The van der Waals surface area contributed by atoms with Gasteiger partial charge in [-0.25, -0.2) is 0 Å². The van der Waals surface area contributed by atoms with Gasteiger partial charge in [-0.2, -0.15) is 0 Å². The minimum atomic E-state index is 0.493. The zero-order chi connectivity index (χ0) is 11.1. The molecule has 1 atom stereocenters. The molecular formula is C13H26N2. The summed E-state index contributed by atoms with van der Waals surface area (Å²) in [5.41, 5.74) is 0.493. The molecule has 0 bridgehead atoms. The van der Waals surface area contributed by atoms with Crippen molar-refractivity contribution in [2.75, 3.05) is 13.1 Å². The second-order valence-corrected chi connectivity index (χ2v) is 6.55. The Bertz CT molecular complexity index is 219. The Morgan fingerprint density at radius 3 is 2.47 bits per heavy atom. The van der Waals surface area contributed by atoms with Gasteiger partial charge in [-0.15, -0.1) is 0 Å². The highest BCUT2D eigenvalue weighted by Crippen LogP contribution is 2.36. The lowest BCUT2D eigenvalue weighted by molar-refractivity contribution is 0.0799. The standard InChI is InChI=1S/C13H26N2/c1-10(2)14-11-7-13(3,4)9-15(8-11)12-5-6-12/h10-12,14H,5-9H2,1-4H3. The summed E-state index contributed by atoms with van der Waals surface area (Å²) in [5.74, 6) is 0. The second kappa shape index (κ2) is 4.06. The monoisotopic (exact) mass is 210 g/mol. The molecule has 0 amide bonds. The van der Waals surface area contributed by atoms with Crippen LogP contribution in [-0.2, 0) is 0 Å². The van der Waals surface area contributed by atoms with E-state index in [0.717, 1.165) is 6.04 Å². The maximum Gasteiger partial charge on any atom is 0.0203 e. The van der Waals surface area contributed by atoms with Gasteiger partial charge in [-0.05, 0) is 24.7 Å². The zero-order valence-corrected chi connectivity index (χ0v) is 10.7. The van der Waals surface area contributed by atoms with Gasteiger partial charge in [0.05, 0.1) is 0 Å². The minimum absolute atomic E-state index is 0.493. The number of hydrogen-bond donors (Lipinski definition) is 1. The Morgan fingerprint density at radius 1 is 1.27 bits per heavy atom. The van der Waals surface area contributed by atoms with Gasteiger partial charge in [0.1, 0.15) is 0 Å². The quantitative estimate of drug-likeness (QED) is 0.768. The van der Waals surface area contributed by atoms with E-state index in [1.54, 1.807) is 0 Å². The molecule has 0 radical (unpaired) electrons. The molecule has 88 valence electrons. The molecule has 1 aliphatic carbocycles. The molecule has 0 aromatic carbocycles. The van der Waals surface area contributed by atoms with E-state index in [9.17, 15) is 0 Å². The summed E-state index contributed by atoms with van der Waals surface area (Å²) in [6, 6.07) is 2.24. The van der Waals surface area contributed by atoms with Crippen molar-refractivity contribution in [1.82, 2.24) is 10.2 Å². The molecule has 1 unspecified atom stereocenters. The van der Waals surface area contributed by atoms with E-state index < -0.39 is 0 Å². The highest BCUT2D eigenvalue weighted by atomic mass is 15.2. The van der Waals surface area contributed by atoms with Crippen molar-refractivity contribution in [3.05, 3.63) is 0 Å². The van der Waals surface area contributed by atoms with Crippen LogP contribution in [0.5, 0.6) is 0 Å². The van der Waals surface area contributed by atoms with Gasteiger partial charge in [0, 0.05) is 31.2 Å². The summed E-state index contributed by atoms with van der Waals surface area (Å²) in [6.07, 6.45) is 4.20. The van der Waals surface area contributed by atoms with Crippen LogP contribution in [0, 0.1) is 5.41 Å². The molecule has 2 rings (SSSR count). The van der Waals surface area contributed by atoms with Gasteiger partial charge in [0.25, 0.3) is 0 Å². The molecule has 2 heteroatoms. The third-order valence-corrected chi connectivity index (χ3v) is 3.52. The van der Waals surface area contributed by atoms with E-state index >= 15 is 0 Å². The third-order valence-electron chi connectivity index (χ3n) is 3.52. The fraction of sp³-hybridized carbons (Fsp3) is 1.00. The largest absolute Gasteiger partial charge is 0.310 e. The third kappa shape index (κ3) is 3.18. The minimum Gasteiger partial charge on any atom is -0.310 e. The Morgan fingerprint density at radius 2 is 1.93 bits per heavy atom. The Balaban J connectivity index is 1.94. The van der Waals surface area contributed by atoms with E-state index in [2.05, 4.69) is 37.9 Å². The summed E-state index contributed by atoms with van der Waals surface area (Å²) in [4.78, 5) is 2.71. The van der Waals surface area contributed by atoms with Crippen molar-refractivity contribution in [3.63, 3.8) is 0 Å². The van der Waals surface area contributed by atoms with Crippen LogP contribution in [0.15, 0.2) is 0 Å². The lowest BCUT2D eigenvalue weighted by Crippen LogP contribution is -2.54. The molecule has 2 aliphatic rings. The lowest BCUT2D eigenvalue weighted by atomic mass is 9.81. The number of nitrogens with one attached hydrogen (secondary N) is 1. The van der Waals surface area contributed by atoms with Crippen LogP contribution in [0.1, 0.15) is 47.0 Å². The predicted molar refractivity (Wildman–Crippen MR) is 65.1 cm³/mol. The number of likely N-dealkylation sites (tertiary alicyclic amines) is 1. The molecule has 2 fully saturated rings. The van der Waals surface area contributed by atoms with Crippen LogP contribution in [0.25, 0.3) is 0 Å². The zero-order valence-electron chi connectivity index (χ0n) is 10.7. The summed E-state index contributed by atoms with van der Waals surface area (Å²) in [6.45, 7) is 11.9. The van der Waals surface area contributed by atoms with Crippen LogP contribution < -0.4 is 5.32 Å². The highest BCUT2D eigenvalue weighted by Gasteiger charge is 2.39. The van der Waals surface area contributed by atoms with Gasteiger partial charge in [-0.3, -0.25) is 4.90 Å². The van der Waals surface area contributed by atoms with E-state index in [4.69, 9.17) is 0 Å². The van der Waals surface area contributed by atoms with Gasteiger partial charge in [-0.1, -0.05) is 27.7 Å². The van der Waals surface area contributed by atoms with Crippen LogP contribution in [-0.4, -0.2) is 36.1 Å². The Kier molecular flexibility index (Phi) is 3.09. The first-order chi connectivity index (χ1) is 6.96. The van der Waals surface area contributed by atoms with Crippen molar-refractivity contribution in [2.24, 2.45) is 5.41 Å². The summed E-state index contributed by atoms with van der Waals surface area (Å²) in [7, 11) is 0. The fourth-order valence-electron chi connectivity index (χ4n) is 2.99. The first-order valence-corrected chi connectivity index (χ1v) is 6.46. The molecule has 2 nitrogen and oxygen atoms in total. The number of hydrogen-bond acceptors (Lipinski definition) is 2. The fourth-order valence-corrected chi connectivity index (χ4v) is 2.99. The molecule has 15 heavy (non-hydrogen) atoms. The Hall–Kier alpha value is -0.0800. The molecule has 1 N–H and O–H groups in total. The molecule has 1 saturated carbocycles. The van der Waals surface area contributed by atoms with E-state index in [0.29, 0.717) is 17.5 Å². The number of nitrogens with zero attached hydrogens (tertiary/aromatic N) is 1. The maximum atomic E-state index is 3.71. The van der Waals surface area contributed by atoms with Gasteiger partial charge < -0.3 is 5.32 Å². The molecule has 1 aliphatic heterocycles. The first kappa shape index (κ1) is 11.4. The molecule has 1 heterocycles. The highest BCUT2D eigenvalue weighted by molar-refractivity contribution is 4.95. The number of rotatable bonds is 3. The molecule has 0 aromatic heterocycles. The topological polar surface area (TPSA) is 15.3 Å². The van der Waals surface area contributed by atoms with Crippen molar-refractivity contribution in [3.8, 4) is 0 Å². The van der Waals surface area contributed by atoms with Crippen LogP contribution in [0.3, 0.4) is 0 Å². The van der Waals surface area contributed by atoms with Crippen molar-refractivity contribution >= 4 is 0 Å². The summed E-state index contributed by atoms with van der Waals surface area (Å²) in [5, 5.41) is 3.71. The average Bonchev–Trinajstić information content (AvgIpc) is 2.80. The smallest absolute Gasteiger partial charge is 0.0203 e. The maximum absolute atomic E-state index is 3.71. The first-order valence-electron chi connectivity index (χ1n) is 6.46. The van der Waals surface area contributed by atoms with Crippen LogP contribution in [0.2, 0.25) is 0 Å². The van der Waals surface area contributed by atoms with Gasteiger partial charge in [0.2, 0.25) is 0 Å². The Labute approximate surface area is 94.4 Å². The lowest BCUT2D eigenvalue weighted by Gasteiger charge is -2.43. The summed E-state index contributed by atoms with van der Waals surface area (Å²) < 4.78 is 0. The molecule has 0 aromatic rings.